The number of aromatic hydroxyl groups is 1. The SMILES string of the molecule is CCCCN1C(=O)c2[nH]nc(-c3ccccc3O)c2[C@@H]1c1ccc(C(C)C)cc1. The number of nitrogens with zero attached hydrogens (tertiary/aromatic N) is 2. The number of para-hydroxylation sites is 1. The van der Waals surface area contributed by atoms with Crippen molar-refractivity contribution in [1.82, 2.24) is 15.1 Å². The zero-order chi connectivity index (χ0) is 20.5. The third kappa shape index (κ3) is 3.31. The molecule has 1 aliphatic rings. The highest BCUT2D eigenvalue weighted by atomic mass is 16.3. The fraction of sp³-hybridized carbons (Fsp3) is 0.333. The molecule has 0 bridgehead atoms. The number of hydrogen-bond acceptors (Lipinski definition) is 3. The van der Waals surface area contributed by atoms with E-state index in [2.05, 4.69) is 55.2 Å². The summed E-state index contributed by atoms with van der Waals surface area (Å²) in [4.78, 5) is 15.1. The number of carbonyl (C=O) groups excluding carboxylic acids is 1. The van der Waals surface area contributed by atoms with Gasteiger partial charge in [-0.1, -0.05) is 63.6 Å². The molecule has 2 N–H and O–H groups in total. The highest BCUT2D eigenvalue weighted by molar-refractivity contribution is 6.00. The Labute approximate surface area is 171 Å². The van der Waals surface area contributed by atoms with Gasteiger partial charge in [0.2, 0.25) is 0 Å². The second-order valence-electron chi connectivity index (χ2n) is 7.95. The molecule has 5 nitrogen and oxygen atoms in total. The summed E-state index contributed by atoms with van der Waals surface area (Å²) in [5, 5.41) is 17.8. The Kier molecular flexibility index (Phi) is 5.14. The molecule has 0 saturated heterocycles. The Morgan fingerprint density at radius 1 is 1.14 bits per heavy atom. The number of rotatable bonds is 6. The Morgan fingerprint density at radius 2 is 1.86 bits per heavy atom. The molecule has 150 valence electrons. The van der Waals surface area contributed by atoms with Crippen LogP contribution in [0.5, 0.6) is 5.75 Å². The topological polar surface area (TPSA) is 69.2 Å². The van der Waals surface area contributed by atoms with Gasteiger partial charge in [0.25, 0.3) is 5.91 Å². The van der Waals surface area contributed by atoms with Crippen molar-refractivity contribution >= 4 is 5.91 Å². The van der Waals surface area contributed by atoms with E-state index in [4.69, 9.17) is 0 Å². The van der Waals surface area contributed by atoms with Gasteiger partial charge in [-0.15, -0.1) is 0 Å². The van der Waals surface area contributed by atoms with Crippen LogP contribution in [0, 0.1) is 0 Å². The Balaban J connectivity index is 1.85. The van der Waals surface area contributed by atoms with E-state index in [0.717, 1.165) is 24.0 Å². The summed E-state index contributed by atoms with van der Waals surface area (Å²) in [5.74, 6) is 0.586. The molecule has 0 aliphatic carbocycles. The van der Waals surface area contributed by atoms with Crippen LogP contribution in [0.2, 0.25) is 0 Å². The Bertz CT molecular complexity index is 1020. The van der Waals surface area contributed by atoms with E-state index < -0.39 is 0 Å². The van der Waals surface area contributed by atoms with Crippen molar-refractivity contribution in [3.63, 3.8) is 0 Å². The fourth-order valence-corrected chi connectivity index (χ4v) is 4.04. The average Bonchev–Trinajstić information content (AvgIpc) is 3.26. The Hall–Kier alpha value is -3.08. The maximum atomic E-state index is 13.2. The van der Waals surface area contributed by atoms with Gasteiger partial charge in [-0.05, 0) is 35.6 Å². The van der Waals surface area contributed by atoms with Gasteiger partial charge in [-0.2, -0.15) is 5.10 Å². The highest BCUT2D eigenvalue weighted by Crippen LogP contribution is 2.44. The molecule has 0 spiro atoms. The zero-order valence-electron chi connectivity index (χ0n) is 17.1. The first-order valence-electron chi connectivity index (χ1n) is 10.3. The quantitative estimate of drug-likeness (QED) is 0.605. The number of benzene rings is 2. The summed E-state index contributed by atoms with van der Waals surface area (Å²) in [6.07, 6.45) is 1.96. The molecule has 1 amide bonds. The van der Waals surface area contributed by atoms with E-state index in [1.165, 1.54) is 5.56 Å². The van der Waals surface area contributed by atoms with Gasteiger partial charge >= 0.3 is 0 Å². The summed E-state index contributed by atoms with van der Waals surface area (Å²) in [5.41, 5.74) is 4.99. The molecule has 2 heterocycles. The van der Waals surface area contributed by atoms with Gasteiger partial charge in [0.15, 0.2) is 0 Å². The summed E-state index contributed by atoms with van der Waals surface area (Å²) >= 11 is 0. The molecule has 0 unspecified atom stereocenters. The minimum Gasteiger partial charge on any atom is -0.507 e. The van der Waals surface area contributed by atoms with E-state index in [1.807, 2.05) is 17.0 Å². The number of carbonyl (C=O) groups is 1. The predicted molar refractivity (Wildman–Crippen MR) is 114 cm³/mol. The summed E-state index contributed by atoms with van der Waals surface area (Å²) in [6.45, 7) is 7.16. The summed E-state index contributed by atoms with van der Waals surface area (Å²) in [6, 6.07) is 15.4. The van der Waals surface area contributed by atoms with E-state index in [0.29, 0.717) is 29.4 Å². The number of unbranched alkanes of at least 4 members (excludes halogenated alkanes) is 1. The van der Waals surface area contributed by atoms with Gasteiger partial charge in [-0.25, -0.2) is 0 Å². The predicted octanol–water partition coefficient (Wildman–Crippen LogP) is 5.25. The third-order valence-electron chi connectivity index (χ3n) is 5.69. The number of phenolic OH excluding ortho intramolecular Hbond substituents is 1. The zero-order valence-corrected chi connectivity index (χ0v) is 17.1. The molecule has 4 rings (SSSR count). The lowest BCUT2D eigenvalue weighted by molar-refractivity contribution is 0.0741. The van der Waals surface area contributed by atoms with Gasteiger partial charge in [0, 0.05) is 17.7 Å². The van der Waals surface area contributed by atoms with Gasteiger partial charge in [0.1, 0.15) is 17.1 Å². The van der Waals surface area contributed by atoms with Crippen LogP contribution < -0.4 is 0 Å². The van der Waals surface area contributed by atoms with Crippen molar-refractivity contribution in [1.29, 1.82) is 0 Å². The number of aromatic nitrogens is 2. The first-order valence-corrected chi connectivity index (χ1v) is 10.3. The standard InChI is InChI=1S/C24H27N3O2/c1-4-5-14-27-23(17-12-10-16(11-13-17)15(2)3)20-21(25-26-22(20)24(27)29)18-8-6-7-9-19(18)28/h6-13,15,23,28H,4-5,14H2,1-3H3,(H,25,26)/t23-/m0/s1. The molecule has 2 aromatic carbocycles. The molecule has 0 saturated carbocycles. The molecule has 29 heavy (non-hydrogen) atoms. The molecule has 1 atom stereocenters. The number of nitrogens with one attached hydrogen (secondary N) is 1. The van der Waals surface area contributed by atoms with Gasteiger partial charge < -0.3 is 10.0 Å². The monoisotopic (exact) mass is 389 g/mol. The number of phenols is 1. The first-order chi connectivity index (χ1) is 14.0. The van der Waals surface area contributed by atoms with Crippen LogP contribution in [0.1, 0.15) is 72.8 Å². The van der Waals surface area contributed by atoms with Crippen LogP contribution in [0.4, 0.5) is 0 Å². The number of aromatic amines is 1. The lowest BCUT2D eigenvalue weighted by atomic mass is 9.93. The van der Waals surface area contributed by atoms with Crippen LogP contribution in [0.25, 0.3) is 11.3 Å². The highest BCUT2D eigenvalue weighted by Gasteiger charge is 2.42. The maximum Gasteiger partial charge on any atom is 0.273 e. The maximum absolute atomic E-state index is 13.2. The summed E-state index contributed by atoms with van der Waals surface area (Å²) in [7, 11) is 0. The smallest absolute Gasteiger partial charge is 0.273 e. The normalized spacial score (nSPS) is 15.9. The summed E-state index contributed by atoms with van der Waals surface area (Å²) < 4.78 is 0. The number of H-pyrrole nitrogens is 1. The van der Waals surface area contributed by atoms with Crippen LogP contribution in [0.3, 0.4) is 0 Å². The lowest BCUT2D eigenvalue weighted by Gasteiger charge is -2.26. The van der Waals surface area contributed by atoms with Crippen LogP contribution in [0.15, 0.2) is 48.5 Å². The largest absolute Gasteiger partial charge is 0.507 e. The lowest BCUT2D eigenvalue weighted by Crippen LogP contribution is -2.30. The van der Waals surface area contributed by atoms with Crippen LogP contribution >= 0.6 is 0 Å². The second kappa shape index (κ2) is 7.74. The van der Waals surface area contributed by atoms with E-state index in [9.17, 15) is 9.90 Å². The van der Waals surface area contributed by atoms with Crippen molar-refractivity contribution < 1.29 is 9.90 Å². The average molecular weight is 389 g/mol. The Morgan fingerprint density at radius 3 is 2.52 bits per heavy atom. The number of hydrogen-bond donors (Lipinski definition) is 2. The number of fused-ring (bicyclic) bond motifs is 1. The van der Waals surface area contributed by atoms with E-state index in [-0.39, 0.29) is 17.7 Å². The van der Waals surface area contributed by atoms with Crippen LogP contribution in [-0.2, 0) is 0 Å². The third-order valence-corrected chi connectivity index (χ3v) is 5.69. The molecule has 3 aromatic rings. The van der Waals surface area contributed by atoms with Crippen molar-refractivity contribution in [2.75, 3.05) is 6.54 Å². The van der Waals surface area contributed by atoms with Gasteiger partial charge in [-0.3, -0.25) is 9.89 Å². The van der Waals surface area contributed by atoms with Crippen LogP contribution in [-0.4, -0.2) is 32.7 Å². The molecule has 1 aliphatic heterocycles. The first kappa shape index (κ1) is 19.2. The molecular weight excluding hydrogens is 362 g/mol. The molecule has 1 aromatic heterocycles. The molecular formula is C24H27N3O2. The van der Waals surface area contributed by atoms with Gasteiger partial charge in [0.05, 0.1) is 6.04 Å². The van der Waals surface area contributed by atoms with Crippen molar-refractivity contribution in [3.8, 4) is 17.0 Å². The van der Waals surface area contributed by atoms with Crippen molar-refractivity contribution in [2.24, 2.45) is 0 Å². The number of amides is 1. The fourth-order valence-electron chi connectivity index (χ4n) is 4.04. The molecule has 5 heteroatoms. The second-order valence-corrected chi connectivity index (χ2v) is 7.95. The van der Waals surface area contributed by atoms with E-state index in [1.54, 1.807) is 12.1 Å². The van der Waals surface area contributed by atoms with Crippen molar-refractivity contribution in [3.05, 3.63) is 70.9 Å². The minimum atomic E-state index is -0.210. The minimum absolute atomic E-state index is 0.0273. The molecule has 0 radical (unpaired) electrons. The van der Waals surface area contributed by atoms with Crippen molar-refractivity contribution in [2.45, 2.75) is 45.6 Å². The van der Waals surface area contributed by atoms with E-state index >= 15 is 0 Å². The molecule has 0 fully saturated rings.